The number of carbonyl (C=O) groups is 1. The molecule has 3 rings (SSSR count). The Morgan fingerprint density at radius 3 is 3.06 bits per heavy atom. The van der Waals surface area contributed by atoms with Gasteiger partial charge in [-0.05, 0) is 55.0 Å². The maximum absolute atomic E-state index is 11.7. The van der Waals surface area contributed by atoms with E-state index in [2.05, 4.69) is 22.8 Å². The maximum Gasteiger partial charge on any atom is 0.224 e. The van der Waals surface area contributed by atoms with Gasteiger partial charge in [0.25, 0.3) is 0 Å². The first-order valence-electron chi connectivity index (χ1n) is 6.43. The fraction of sp³-hybridized carbons (Fsp3) is 0.500. The van der Waals surface area contributed by atoms with Gasteiger partial charge in [-0.15, -0.1) is 0 Å². The molecule has 0 bridgehead atoms. The molecule has 0 saturated heterocycles. The van der Waals surface area contributed by atoms with Gasteiger partial charge < -0.3 is 10.6 Å². The molecule has 0 spiro atoms. The first-order valence-corrected chi connectivity index (χ1v) is 6.43. The molecule has 1 aromatic rings. The van der Waals surface area contributed by atoms with Gasteiger partial charge in [0.15, 0.2) is 0 Å². The molecule has 1 aliphatic carbocycles. The number of hydrogen-bond acceptors (Lipinski definition) is 2. The lowest BCUT2D eigenvalue weighted by Crippen LogP contribution is -2.23. The minimum absolute atomic E-state index is 0.163. The quantitative estimate of drug-likeness (QED) is 0.834. The molecule has 90 valence electrons. The van der Waals surface area contributed by atoms with Crippen LogP contribution in [0, 0.1) is 5.92 Å². The van der Waals surface area contributed by atoms with Gasteiger partial charge in [-0.2, -0.15) is 0 Å². The molecule has 2 N–H and O–H groups in total. The molecule has 3 heteroatoms. The zero-order chi connectivity index (χ0) is 11.7. The van der Waals surface area contributed by atoms with E-state index in [0.29, 0.717) is 12.3 Å². The summed E-state index contributed by atoms with van der Waals surface area (Å²) in [5.41, 5.74) is 3.67. The third kappa shape index (κ3) is 2.67. The second-order valence-corrected chi connectivity index (χ2v) is 5.11. The van der Waals surface area contributed by atoms with Crippen LogP contribution in [0.15, 0.2) is 18.2 Å². The lowest BCUT2D eigenvalue weighted by Gasteiger charge is -2.18. The Labute approximate surface area is 102 Å². The van der Waals surface area contributed by atoms with Crippen molar-refractivity contribution < 1.29 is 4.79 Å². The Balaban J connectivity index is 1.67. The molecule has 1 fully saturated rings. The minimum Gasteiger partial charge on any atom is -0.326 e. The van der Waals surface area contributed by atoms with Crippen molar-refractivity contribution in [1.29, 1.82) is 0 Å². The molecule has 3 nitrogen and oxygen atoms in total. The van der Waals surface area contributed by atoms with Crippen LogP contribution in [0.2, 0.25) is 0 Å². The third-order valence-corrected chi connectivity index (χ3v) is 3.55. The van der Waals surface area contributed by atoms with E-state index < -0.39 is 0 Å². The van der Waals surface area contributed by atoms with Gasteiger partial charge in [-0.1, -0.05) is 6.07 Å². The van der Waals surface area contributed by atoms with Crippen LogP contribution in [0.4, 0.5) is 5.69 Å². The average Bonchev–Trinajstić information content (AvgIpc) is 3.12. The highest BCUT2D eigenvalue weighted by atomic mass is 16.1. The lowest BCUT2D eigenvalue weighted by molar-refractivity contribution is -0.116. The number of hydrogen-bond donors (Lipinski definition) is 2. The lowest BCUT2D eigenvalue weighted by atomic mass is 10.0. The van der Waals surface area contributed by atoms with Crippen LogP contribution >= 0.6 is 0 Å². The summed E-state index contributed by atoms with van der Waals surface area (Å²) in [5, 5.41) is 6.35. The van der Waals surface area contributed by atoms with E-state index in [-0.39, 0.29) is 5.91 Å². The number of carbonyl (C=O) groups excluding carboxylic acids is 1. The summed E-state index contributed by atoms with van der Waals surface area (Å²) in [4.78, 5) is 11.7. The summed E-state index contributed by atoms with van der Waals surface area (Å²) >= 11 is 0. The van der Waals surface area contributed by atoms with Gasteiger partial charge in [0.1, 0.15) is 0 Å². The second kappa shape index (κ2) is 4.49. The predicted octanol–water partition coefficient (Wildman–Crippen LogP) is 2.07. The zero-order valence-electron chi connectivity index (χ0n) is 9.96. The molecule has 0 aromatic heterocycles. The van der Waals surface area contributed by atoms with Crippen molar-refractivity contribution in [3.63, 3.8) is 0 Å². The van der Waals surface area contributed by atoms with E-state index in [1.165, 1.54) is 24.0 Å². The van der Waals surface area contributed by atoms with Crippen molar-refractivity contribution >= 4 is 11.6 Å². The van der Waals surface area contributed by atoms with Gasteiger partial charge in [-0.3, -0.25) is 4.79 Å². The van der Waals surface area contributed by atoms with E-state index in [4.69, 9.17) is 0 Å². The van der Waals surface area contributed by atoms with E-state index in [9.17, 15) is 4.79 Å². The van der Waals surface area contributed by atoms with Crippen LogP contribution in [0.5, 0.6) is 0 Å². The highest BCUT2D eigenvalue weighted by Crippen LogP contribution is 2.32. The van der Waals surface area contributed by atoms with Crippen LogP contribution in [-0.4, -0.2) is 12.5 Å². The summed E-state index contributed by atoms with van der Waals surface area (Å²) < 4.78 is 0. The molecule has 1 heterocycles. The van der Waals surface area contributed by atoms with Crippen molar-refractivity contribution in [2.45, 2.75) is 32.2 Å². The molecule has 1 aliphatic heterocycles. The van der Waals surface area contributed by atoms with Crippen LogP contribution in [0.25, 0.3) is 0 Å². The molecule has 0 radical (unpaired) electrons. The van der Waals surface area contributed by atoms with Crippen LogP contribution in [-0.2, 0) is 17.8 Å². The Bertz CT molecular complexity index is 438. The number of fused-ring (bicyclic) bond motifs is 1. The summed E-state index contributed by atoms with van der Waals surface area (Å²) in [6.45, 7) is 1.97. The molecule has 1 amide bonds. The predicted molar refractivity (Wildman–Crippen MR) is 67.8 cm³/mol. The first-order chi connectivity index (χ1) is 8.31. The minimum atomic E-state index is 0.163. The number of rotatable bonds is 3. The maximum atomic E-state index is 11.7. The van der Waals surface area contributed by atoms with E-state index in [1.807, 2.05) is 6.07 Å². The fourth-order valence-corrected chi connectivity index (χ4v) is 2.35. The van der Waals surface area contributed by atoms with Crippen molar-refractivity contribution in [3.8, 4) is 0 Å². The topological polar surface area (TPSA) is 41.1 Å². The Morgan fingerprint density at radius 1 is 1.35 bits per heavy atom. The molecule has 17 heavy (non-hydrogen) atoms. The standard InChI is InChI=1S/C14H18N2O/c17-14(7-10-1-2-10)16-13-4-3-11-5-6-15-9-12(11)8-13/h3-4,8,10,15H,1-2,5-7,9H2,(H,16,17). The Kier molecular flexibility index (Phi) is 2.85. The van der Waals surface area contributed by atoms with Gasteiger partial charge >= 0.3 is 0 Å². The summed E-state index contributed by atoms with van der Waals surface area (Å²) in [6.07, 6.45) is 4.23. The van der Waals surface area contributed by atoms with Gasteiger partial charge in [0.05, 0.1) is 0 Å². The number of benzene rings is 1. The largest absolute Gasteiger partial charge is 0.326 e. The monoisotopic (exact) mass is 230 g/mol. The Hall–Kier alpha value is -1.35. The molecule has 0 atom stereocenters. The van der Waals surface area contributed by atoms with E-state index >= 15 is 0 Å². The smallest absolute Gasteiger partial charge is 0.224 e. The summed E-state index contributed by atoms with van der Waals surface area (Å²) in [7, 11) is 0. The van der Waals surface area contributed by atoms with Crippen LogP contribution < -0.4 is 10.6 Å². The zero-order valence-corrected chi connectivity index (χ0v) is 9.96. The highest BCUT2D eigenvalue weighted by molar-refractivity contribution is 5.91. The number of amides is 1. The fourth-order valence-electron chi connectivity index (χ4n) is 2.35. The SMILES string of the molecule is O=C(CC1CC1)Nc1ccc2c(c1)CNCC2. The Morgan fingerprint density at radius 2 is 2.24 bits per heavy atom. The molecular formula is C14H18N2O. The van der Waals surface area contributed by atoms with Crippen molar-refractivity contribution in [2.75, 3.05) is 11.9 Å². The molecule has 1 saturated carbocycles. The van der Waals surface area contributed by atoms with Crippen LogP contribution in [0.3, 0.4) is 0 Å². The molecule has 2 aliphatic rings. The third-order valence-electron chi connectivity index (χ3n) is 3.55. The van der Waals surface area contributed by atoms with Crippen molar-refractivity contribution in [1.82, 2.24) is 5.32 Å². The molecular weight excluding hydrogens is 212 g/mol. The van der Waals surface area contributed by atoms with Gasteiger partial charge in [0.2, 0.25) is 5.91 Å². The summed E-state index contributed by atoms with van der Waals surface area (Å²) in [6, 6.07) is 6.27. The van der Waals surface area contributed by atoms with E-state index in [1.54, 1.807) is 0 Å². The number of anilines is 1. The normalized spacial score (nSPS) is 18.6. The van der Waals surface area contributed by atoms with Crippen molar-refractivity contribution in [3.05, 3.63) is 29.3 Å². The average molecular weight is 230 g/mol. The molecule has 0 unspecified atom stereocenters. The van der Waals surface area contributed by atoms with Gasteiger partial charge in [0, 0.05) is 18.7 Å². The summed E-state index contributed by atoms with van der Waals surface area (Å²) in [5.74, 6) is 0.811. The van der Waals surface area contributed by atoms with E-state index in [0.717, 1.165) is 25.2 Å². The first kappa shape index (κ1) is 10.8. The molecule has 1 aromatic carbocycles. The highest BCUT2D eigenvalue weighted by Gasteiger charge is 2.24. The second-order valence-electron chi connectivity index (χ2n) is 5.11. The van der Waals surface area contributed by atoms with Gasteiger partial charge in [-0.25, -0.2) is 0 Å². The van der Waals surface area contributed by atoms with Crippen LogP contribution in [0.1, 0.15) is 30.4 Å². The van der Waals surface area contributed by atoms with Crippen molar-refractivity contribution in [2.24, 2.45) is 5.92 Å². The number of nitrogens with one attached hydrogen (secondary N) is 2.